The molecule has 0 spiro atoms. The molecule has 0 saturated carbocycles. The Bertz CT molecular complexity index is 1380. The van der Waals surface area contributed by atoms with Gasteiger partial charge in [-0.2, -0.15) is 13.2 Å². The number of carbonyl (C=O) groups is 3. The molecule has 2 aliphatic heterocycles. The molecule has 4 rings (SSSR count). The van der Waals surface area contributed by atoms with Gasteiger partial charge < -0.3 is 16.0 Å². The van der Waals surface area contributed by atoms with Crippen LogP contribution in [-0.2, 0) is 9.59 Å². The number of likely N-dealkylation sites (N-methyl/N-ethyl adjacent to an activating group) is 1. The molecule has 1 saturated heterocycles. The Labute approximate surface area is 221 Å². The quantitative estimate of drug-likeness (QED) is 0.556. The maximum atomic E-state index is 15.5. The first-order valence-electron chi connectivity index (χ1n) is 12.0. The van der Waals surface area contributed by atoms with Gasteiger partial charge in [0.1, 0.15) is 11.7 Å². The molecule has 0 bridgehead atoms. The van der Waals surface area contributed by atoms with Crippen LogP contribution in [0, 0.1) is 11.7 Å². The van der Waals surface area contributed by atoms with Crippen molar-refractivity contribution >= 4 is 35.3 Å². The summed E-state index contributed by atoms with van der Waals surface area (Å²) in [4.78, 5) is 47.6. The Morgan fingerprint density at radius 2 is 1.77 bits per heavy atom. The summed E-state index contributed by atoms with van der Waals surface area (Å²) in [6, 6.07) is 3.88. The number of amides is 3. The number of aliphatic imine (C=N–C) groups is 1. The number of halogens is 4. The number of pyridine rings is 1. The number of anilines is 2. The summed E-state index contributed by atoms with van der Waals surface area (Å²) in [5.41, 5.74) is 4.40. The topological polar surface area (TPSA) is 121 Å². The number of nitrogens with two attached hydrogens (primary N) is 1. The van der Waals surface area contributed by atoms with Crippen LogP contribution < -0.4 is 16.0 Å². The van der Waals surface area contributed by atoms with E-state index in [0.717, 1.165) is 0 Å². The first-order chi connectivity index (χ1) is 18.3. The Morgan fingerprint density at radius 1 is 1.10 bits per heavy atom. The number of hydrogen-bond acceptors (Lipinski definition) is 6. The fourth-order valence-corrected chi connectivity index (χ4v) is 4.63. The lowest BCUT2D eigenvalue weighted by Gasteiger charge is -2.44. The van der Waals surface area contributed by atoms with Crippen LogP contribution in [0.5, 0.6) is 0 Å². The van der Waals surface area contributed by atoms with Crippen LogP contribution >= 0.6 is 0 Å². The van der Waals surface area contributed by atoms with Gasteiger partial charge in [0.2, 0.25) is 11.8 Å². The van der Waals surface area contributed by atoms with Gasteiger partial charge >= 0.3 is 6.18 Å². The third-order valence-corrected chi connectivity index (χ3v) is 6.95. The van der Waals surface area contributed by atoms with Crippen LogP contribution in [0.4, 0.5) is 28.9 Å². The lowest BCUT2D eigenvalue weighted by Crippen LogP contribution is -2.55. The van der Waals surface area contributed by atoms with Gasteiger partial charge in [-0.3, -0.25) is 24.3 Å². The monoisotopic (exact) mass is 546 g/mol. The lowest BCUT2D eigenvalue weighted by atomic mass is 9.95. The van der Waals surface area contributed by atoms with Crippen molar-refractivity contribution in [1.29, 1.82) is 0 Å². The normalized spacial score (nSPS) is 22.0. The molecule has 2 aliphatic rings. The molecule has 3 atom stereocenters. The molecular formula is C26H26F4N6O3. The zero-order chi connectivity index (χ0) is 28.6. The van der Waals surface area contributed by atoms with Gasteiger partial charge in [0.25, 0.3) is 5.91 Å². The Hall–Kier alpha value is -4.13. The minimum Gasteiger partial charge on any atom is -0.367 e. The van der Waals surface area contributed by atoms with E-state index in [4.69, 9.17) is 5.73 Å². The number of nitrogens with zero attached hydrogens (tertiary/aromatic N) is 4. The number of primary amides is 1. The molecule has 1 unspecified atom stereocenters. The number of aromatic nitrogens is 1. The number of carbonyl (C=O) groups excluding carboxylic acids is 3. The highest BCUT2D eigenvalue weighted by Gasteiger charge is 2.43. The number of nitrogens with one attached hydrogen (secondary N) is 1. The van der Waals surface area contributed by atoms with Gasteiger partial charge in [-0.25, -0.2) is 9.38 Å². The maximum absolute atomic E-state index is 15.5. The van der Waals surface area contributed by atoms with E-state index in [0.29, 0.717) is 19.3 Å². The molecule has 206 valence electrons. The third kappa shape index (κ3) is 5.82. The largest absolute Gasteiger partial charge is 0.414 e. The van der Waals surface area contributed by atoms with Gasteiger partial charge in [0.15, 0.2) is 0 Å². The average molecular weight is 547 g/mol. The minimum absolute atomic E-state index is 0.0197. The highest BCUT2D eigenvalue weighted by Crippen LogP contribution is 2.38. The fourth-order valence-electron chi connectivity index (χ4n) is 4.63. The van der Waals surface area contributed by atoms with Crippen molar-refractivity contribution < 1.29 is 31.9 Å². The molecule has 3 amide bonds. The maximum Gasteiger partial charge on any atom is 0.414 e. The Morgan fingerprint density at radius 3 is 2.38 bits per heavy atom. The van der Waals surface area contributed by atoms with Crippen molar-refractivity contribution in [2.24, 2.45) is 16.6 Å². The smallest absolute Gasteiger partial charge is 0.367 e. The molecule has 39 heavy (non-hydrogen) atoms. The number of hydrogen-bond donors (Lipinski definition) is 2. The molecule has 2 aromatic rings. The predicted octanol–water partition coefficient (Wildman–Crippen LogP) is 3.17. The van der Waals surface area contributed by atoms with E-state index < -0.39 is 41.2 Å². The van der Waals surface area contributed by atoms with Crippen molar-refractivity contribution in [3.05, 3.63) is 53.6 Å². The molecule has 13 heteroatoms. The number of dihydropyridines is 1. The van der Waals surface area contributed by atoms with Gasteiger partial charge in [0.05, 0.1) is 22.5 Å². The molecule has 3 N–H and O–H groups in total. The zero-order valence-corrected chi connectivity index (χ0v) is 21.3. The van der Waals surface area contributed by atoms with E-state index in [2.05, 4.69) is 20.2 Å². The average Bonchev–Trinajstić information content (AvgIpc) is 2.87. The van der Waals surface area contributed by atoms with Crippen molar-refractivity contribution in [2.45, 2.75) is 32.1 Å². The number of rotatable bonds is 5. The molecule has 1 aromatic carbocycles. The van der Waals surface area contributed by atoms with Crippen molar-refractivity contribution in [1.82, 2.24) is 9.88 Å². The van der Waals surface area contributed by atoms with Crippen molar-refractivity contribution in [2.75, 3.05) is 30.4 Å². The van der Waals surface area contributed by atoms with Gasteiger partial charge in [-0.15, -0.1) is 0 Å². The fraction of sp³-hybridized carbons (Fsp3) is 0.346. The summed E-state index contributed by atoms with van der Waals surface area (Å²) in [5, 5.41) is 2.49. The summed E-state index contributed by atoms with van der Waals surface area (Å²) in [5.74, 6) is -5.61. The van der Waals surface area contributed by atoms with Crippen molar-refractivity contribution in [3.8, 4) is 11.1 Å². The summed E-state index contributed by atoms with van der Waals surface area (Å²) < 4.78 is 56.4. The molecular weight excluding hydrogens is 520 g/mol. The van der Waals surface area contributed by atoms with E-state index in [-0.39, 0.29) is 46.2 Å². The molecule has 0 radical (unpaired) electrons. The van der Waals surface area contributed by atoms with E-state index in [1.54, 1.807) is 0 Å². The van der Waals surface area contributed by atoms with Crippen molar-refractivity contribution in [3.63, 3.8) is 0 Å². The number of benzene rings is 1. The Kier molecular flexibility index (Phi) is 7.55. The highest BCUT2D eigenvalue weighted by atomic mass is 19.4. The Balaban J connectivity index is 1.79. The minimum atomic E-state index is -4.95. The van der Waals surface area contributed by atoms with Gasteiger partial charge in [-0.1, -0.05) is 0 Å². The van der Waals surface area contributed by atoms with E-state index in [9.17, 15) is 27.6 Å². The van der Waals surface area contributed by atoms with Crippen LogP contribution in [0.1, 0.15) is 24.2 Å². The van der Waals surface area contributed by atoms with Crippen LogP contribution in [0.25, 0.3) is 11.1 Å². The highest BCUT2D eigenvalue weighted by molar-refractivity contribution is 6.11. The third-order valence-electron chi connectivity index (χ3n) is 6.95. The van der Waals surface area contributed by atoms with Crippen LogP contribution in [0.2, 0.25) is 0 Å². The second-order valence-corrected chi connectivity index (χ2v) is 9.63. The molecule has 3 heterocycles. The first-order valence-corrected chi connectivity index (χ1v) is 12.0. The predicted molar refractivity (Wildman–Crippen MR) is 137 cm³/mol. The van der Waals surface area contributed by atoms with Gasteiger partial charge in [0, 0.05) is 61.0 Å². The summed E-state index contributed by atoms with van der Waals surface area (Å²) in [6.07, 6.45) is -1.52. The number of piperazine rings is 1. The number of alkyl halides is 3. The molecule has 1 fully saturated rings. The van der Waals surface area contributed by atoms with Crippen LogP contribution in [-0.4, -0.2) is 72.2 Å². The summed E-state index contributed by atoms with van der Waals surface area (Å²) in [7, 11) is 1.95. The van der Waals surface area contributed by atoms with Crippen LogP contribution in [0.3, 0.4) is 0 Å². The van der Waals surface area contributed by atoms with Gasteiger partial charge in [-0.05, 0) is 39.1 Å². The zero-order valence-electron chi connectivity index (χ0n) is 21.3. The standard InChI is InChI=1S/C26H26F4N6O3/c1-13-11-36(12-14(2)35(13)3)22-7-20(27)17(15-4-16(24(31)38)9-32-8-15)5-21(22)34-25(39)18-10-33-23(37)6-19(18)26(28,29)30/h4-10,13-14,18H,11-12H2,1-3H3,(H2,31,38)(H,34,39)/t13-,14+,18?. The van der Waals surface area contributed by atoms with E-state index >= 15 is 4.39 Å². The second kappa shape index (κ2) is 10.6. The second-order valence-electron chi connectivity index (χ2n) is 9.63. The first kappa shape index (κ1) is 27.9. The van der Waals surface area contributed by atoms with E-state index in [1.165, 1.54) is 30.6 Å². The summed E-state index contributed by atoms with van der Waals surface area (Å²) >= 11 is 0. The van der Waals surface area contributed by atoms with Crippen LogP contribution in [0.15, 0.2) is 47.2 Å². The SMILES string of the molecule is C[C@@H]1CN(c2cc(F)c(-c3cncc(C(N)=O)c3)cc2NC(=O)C2C=NC(=O)C=C2C(F)(F)F)C[C@H](C)N1C. The molecule has 1 aromatic heterocycles. The molecule has 0 aliphatic carbocycles. The molecule has 9 nitrogen and oxygen atoms in total. The summed E-state index contributed by atoms with van der Waals surface area (Å²) in [6.45, 7) is 4.85. The lowest BCUT2D eigenvalue weighted by molar-refractivity contribution is -0.124. The van der Waals surface area contributed by atoms with E-state index in [1.807, 2.05) is 25.8 Å².